The number of carbonyl (C=O) groups is 1. The molecule has 0 aliphatic heterocycles. The van der Waals surface area contributed by atoms with Crippen molar-refractivity contribution in [2.24, 2.45) is 0 Å². The third kappa shape index (κ3) is 2.93. The first-order valence-corrected chi connectivity index (χ1v) is 7.41. The Morgan fingerprint density at radius 2 is 2.09 bits per heavy atom. The van der Waals surface area contributed by atoms with Gasteiger partial charge in [-0.05, 0) is 43.4 Å². The Hall–Kier alpha value is -2.43. The van der Waals surface area contributed by atoms with Gasteiger partial charge in [-0.3, -0.25) is 9.59 Å². The van der Waals surface area contributed by atoms with Crippen LogP contribution >= 0.6 is 0 Å². The lowest BCUT2D eigenvalue weighted by Crippen LogP contribution is -2.31. The van der Waals surface area contributed by atoms with Crippen molar-refractivity contribution in [2.75, 3.05) is 0 Å². The van der Waals surface area contributed by atoms with Gasteiger partial charge in [-0.15, -0.1) is 0 Å². The summed E-state index contributed by atoms with van der Waals surface area (Å²) in [5.74, 6) is -0.780. The fourth-order valence-corrected chi connectivity index (χ4v) is 2.80. The molecule has 5 heteroatoms. The van der Waals surface area contributed by atoms with E-state index < -0.39 is 5.91 Å². The van der Waals surface area contributed by atoms with E-state index in [2.05, 4.69) is 10.3 Å². The van der Waals surface area contributed by atoms with Gasteiger partial charge in [-0.2, -0.15) is 0 Å². The quantitative estimate of drug-likeness (QED) is 0.914. The molecule has 0 bridgehead atoms. The molecular weight excluding hydrogens is 283 g/mol. The lowest BCUT2D eigenvalue weighted by atomic mass is 9.94. The Morgan fingerprint density at radius 3 is 2.91 bits per heavy atom. The van der Waals surface area contributed by atoms with Crippen LogP contribution in [0, 0.1) is 5.82 Å². The maximum Gasteiger partial charge on any atom is 0.257 e. The highest BCUT2D eigenvalue weighted by Crippen LogP contribution is 2.16. The van der Waals surface area contributed by atoms with Crippen molar-refractivity contribution < 1.29 is 9.18 Å². The van der Waals surface area contributed by atoms with Crippen molar-refractivity contribution in [3.63, 3.8) is 0 Å². The molecular formula is C17H17FN2O2. The highest BCUT2D eigenvalue weighted by Gasteiger charge is 2.18. The fourth-order valence-electron chi connectivity index (χ4n) is 2.80. The van der Waals surface area contributed by atoms with Crippen LogP contribution in [-0.4, -0.2) is 10.9 Å². The molecule has 0 saturated heterocycles. The van der Waals surface area contributed by atoms with E-state index in [1.54, 1.807) is 12.1 Å². The van der Waals surface area contributed by atoms with E-state index in [4.69, 9.17) is 0 Å². The van der Waals surface area contributed by atoms with E-state index in [1.165, 1.54) is 18.3 Å². The second kappa shape index (κ2) is 6.13. The molecule has 0 saturated carbocycles. The van der Waals surface area contributed by atoms with Crippen LogP contribution in [0.3, 0.4) is 0 Å². The van der Waals surface area contributed by atoms with Crippen LogP contribution in [0.1, 0.15) is 40.0 Å². The summed E-state index contributed by atoms with van der Waals surface area (Å²) in [6, 6.07) is 6.01. The average molecular weight is 300 g/mol. The van der Waals surface area contributed by atoms with E-state index in [0.29, 0.717) is 5.56 Å². The monoisotopic (exact) mass is 300 g/mol. The number of pyridine rings is 1. The van der Waals surface area contributed by atoms with Crippen molar-refractivity contribution in [3.8, 4) is 0 Å². The lowest BCUT2D eigenvalue weighted by molar-refractivity contribution is 0.0949. The summed E-state index contributed by atoms with van der Waals surface area (Å²) in [5.41, 5.74) is 2.26. The van der Waals surface area contributed by atoms with Crippen LogP contribution in [0.25, 0.3) is 0 Å². The molecule has 2 N–H and O–H groups in total. The van der Waals surface area contributed by atoms with Gasteiger partial charge >= 0.3 is 0 Å². The van der Waals surface area contributed by atoms with Crippen LogP contribution < -0.4 is 10.7 Å². The Kier molecular flexibility index (Phi) is 4.04. The van der Waals surface area contributed by atoms with E-state index >= 15 is 0 Å². The van der Waals surface area contributed by atoms with Gasteiger partial charge in [-0.25, -0.2) is 4.39 Å². The molecule has 1 amide bonds. The summed E-state index contributed by atoms with van der Waals surface area (Å²) in [4.78, 5) is 27.6. The molecule has 0 unspecified atom stereocenters. The molecule has 1 aliphatic rings. The van der Waals surface area contributed by atoms with E-state index in [1.807, 2.05) is 0 Å². The predicted molar refractivity (Wildman–Crippen MR) is 81.3 cm³/mol. The second-order valence-electron chi connectivity index (χ2n) is 5.51. The van der Waals surface area contributed by atoms with Gasteiger partial charge in [0.2, 0.25) is 0 Å². The topological polar surface area (TPSA) is 62.0 Å². The first kappa shape index (κ1) is 14.5. The van der Waals surface area contributed by atoms with Crippen LogP contribution in [0.4, 0.5) is 4.39 Å². The maximum absolute atomic E-state index is 13.1. The number of aryl methyl sites for hydroxylation is 1. The van der Waals surface area contributed by atoms with Gasteiger partial charge < -0.3 is 10.3 Å². The van der Waals surface area contributed by atoms with Gasteiger partial charge in [-0.1, -0.05) is 12.1 Å². The summed E-state index contributed by atoms with van der Waals surface area (Å²) in [6.45, 7) is 0.188. The van der Waals surface area contributed by atoms with Gasteiger partial charge in [0.05, 0.1) is 0 Å². The summed E-state index contributed by atoms with van der Waals surface area (Å²) < 4.78 is 13.1. The number of amides is 1. The molecule has 3 rings (SSSR count). The van der Waals surface area contributed by atoms with Gasteiger partial charge in [0, 0.05) is 24.0 Å². The third-order valence-electron chi connectivity index (χ3n) is 3.96. The minimum Gasteiger partial charge on any atom is -0.364 e. The van der Waals surface area contributed by atoms with Gasteiger partial charge in [0.1, 0.15) is 11.4 Å². The van der Waals surface area contributed by atoms with E-state index in [0.717, 1.165) is 36.9 Å². The Morgan fingerprint density at radius 1 is 1.27 bits per heavy atom. The summed E-state index contributed by atoms with van der Waals surface area (Å²) in [5, 5.41) is 2.66. The number of nitrogens with one attached hydrogen (secondary N) is 2. The molecule has 0 spiro atoms. The number of H-pyrrole nitrogens is 1. The van der Waals surface area contributed by atoms with Crippen LogP contribution in [0.15, 0.2) is 35.3 Å². The van der Waals surface area contributed by atoms with Crippen LogP contribution in [0.2, 0.25) is 0 Å². The first-order valence-electron chi connectivity index (χ1n) is 7.41. The molecule has 114 valence electrons. The molecule has 0 fully saturated rings. The smallest absolute Gasteiger partial charge is 0.257 e. The summed E-state index contributed by atoms with van der Waals surface area (Å²) >= 11 is 0. The van der Waals surface area contributed by atoms with Crippen molar-refractivity contribution in [1.29, 1.82) is 0 Å². The third-order valence-corrected chi connectivity index (χ3v) is 3.96. The Bertz CT molecular complexity index is 767. The zero-order valence-electron chi connectivity index (χ0n) is 12.1. The van der Waals surface area contributed by atoms with Crippen molar-refractivity contribution in [2.45, 2.75) is 32.2 Å². The normalized spacial score (nSPS) is 13.5. The van der Waals surface area contributed by atoms with Crippen molar-refractivity contribution in [1.82, 2.24) is 10.3 Å². The zero-order chi connectivity index (χ0) is 15.5. The van der Waals surface area contributed by atoms with Gasteiger partial charge in [0.15, 0.2) is 5.43 Å². The highest BCUT2D eigenvalue weighted by molar-refractivity contribution is 5.94. The number of fused-ring (bicyclic) bond motifs is 1. The SMILES string of the molecule is O=C(NCc1cccc(F)c1)c1c[nH]c2c(c1=O)CCCC2. The number of halogens is 1. The van der Waals surface area contributed by atoms with E-state index in [-0.39, 0.29) is 23.4 Å². The Labute approximate surface area is 127 Å². The van der Waals surface area contributed by atoms with Crippen molar-refractivity contribution in [3.05, 3.63) is 68.9 Å². The molecule has 0 radical (unpaired) electrons. The molecule has 1 aromatic heterocycles. The molecule has 22 heavy (non-hydrogen) atoms. The van der Waals surface area contributed by atoms with E-state index in [9.17, 15) is 14.0 Å². The minimum absolute atomic E-state index is 0.122. The highest BCUT2D eigenvalue weighted by atomic mass is 19.1. The lowest BCUT2D eigenvalue weighted by Gasteiger charge is -2.15. The molecule has 1 heterocycles. The zero-order valence-corrected chi connectivity index (χ0v) is 12.1. The molecule has 1 aliphatic carbocycles. The standard InChI is InChI=1S/C17H17FN2O2/c18-12-5-3-4-11(8-12)9-20-17(22)14-10-19-15-7-2-1-6-13(15)16(14)21/h3-5,8,10H,1-2,6-7,9H2,(H,19,21)(H,20,22). The molecule has 1 aromatic carbocycles. The van der Waals surface area contributed by atoms with Gasteiger partial charge in [0.25, 0.3) is 5.91 Å². The van der Waals surface area contributed by atoms with Crippen LogP contribution in [-0.2, 0) is 19.4 Å². The largest absolute Gasteiger partial charge is 0.364 e. The molecule has 4 nitrogen and oxygen atoms in total. The Balaban J connectivity index is 1.77. The number of aromatic amines is 1. The average Bonchev–Trinajstić information content (AvgIpc) is 2.53. The first-order chi connectivity index (χ1) is 10.6. The predicted octanol–water partition coefficient (Wildman–Crippen LogP) is 2.32. The molecule has 2 aromatic rings. The number of hydrogen-bond donors (Lipinski definition) is 2. The number of benzene rings is 1. The maximum atomic E-state index is 13.1. The van der Waals surface area contributed by atoms with Crippen molar-refractivity contribution >= 4 is 5.91 Å². The van der Waals surface area contributed by atoms with Crippen LogP contribution in [0.5, 0.6) is 0 Å². The number of aromatic nitrogens is 1. The molecule has 0 atom stereocenters. The minimum atomic E-state index is -0.432. The number of hydrogen-bond acceptors (Lipinski definition) is 2. The summed E-state index contributed by atoms with van der Waals surface area (Å²) in [7, 11) is 0. The fraction of sp³-hybridized carbons (Fsp3) is 0.294. The second-order valence-corrected chi connectivity index (χ2v) is 5.51. The summed E-state index contributed by atoms with van der Waals surface area (Å²) in [6.07, 6.45) is 5.09. The number of rotatable bonds is 3. The number of carbonyl (C=O) groups excluding carboxylic acids is 1.